The highest BCUT2D eigenvalue weighted by Crippen LogP contribution is 2.42. The third-order valence-corrected chi connectivity index (χ3v) is 4.42. The van der Waals surface area contributed by atoms with E-state index in [1.165, 1.54) is 6.07 Å². The minimum Gasteiger partial charge on any atom is -0.507 e. The van der Waals surface area contributed by atoms with Gasteiger partial charge < -0.3 is 19.5 Å². The molecule has 24 heavy (non-hydrogen) atoms. The maximum atomic E-state index is 12.4. The standard InChI is InChI=1S/C18H23NO5/c1-17(2,3)24-16(22)19-9-7-18(8-10-19)11-13(21)15-12(20)5-4-6-14(15)23-18/h4-6,20H,7-11H2,1-3H3. The van der Waals surface area contributed by atoms with E-state index in [2.05, 4.69) is 0 Å². The number of hydrogen-bond donors (Lipinski definition) is 1. The summed E-state index contributed by atoms with van der Waals surface area (Å²) in [4.78, 5) is 26.2. The molecule has 0 atom stereocenters. The first-order valence-electron chi connectivity index (χ1n) is 8.21. The van der Waals surface area contributed by atoms with Crippen molar-refractivity contribution in [1.29, 1.82) is 0 Å². The van der Waals surface area contributed by atoms with E-state index >= 15 is 0 Å². The Balaban J connectivity index is 1.71. The van der Waals surface area contributed by atoms with Gasteiger partial charge >= 0.3 is 6.09 Å². The largest absolute Gasteiger partial charge is 0.507 e. The molecule has 2 aliphatic rings. The molecule has 130 valence electrons. The van der Waals surface area contributed by atoms with Crippen molar-refractivity contribution < 1.29 is 24.2 Å². The smallest absolute Gasteiger partial charge is 0.410 e. The van der Waals surface area contributed by atoms with Gasteiger partial charge in [-0.1, -0.05) is 6.07 Å². The van der Waals surface area contributed by atoms with Crippen molar-refractivity contribution in [2.75, 3.05) is 13.1 Å². The van der Waals surface area contributed by atoms with Crippen LogP contribution in [-0.2, 0) is 4.74 Å². The lowest BCUT2D eigenvalue weighted by molar-refractivity contribution is -0.0227. The highest BCUT2D eigenvalue weighted by Gasteiger charge is 2.44. The van der Waals surface area contributed by atoms with E-state index in [-0.39, 0.29) is 29.6 Å². The van der Waals surface area contributed by atoms with Crippen LogP contribution in [0.5, 0.6) is 11.5 Å². The number of fused-ring (bicyclic) bond motifs is 1. The predicted molar refractivity (Wildman–Crippen MR) is 87.5 cm³/mol. The molecule has 1 aromatic carbocycles. The fourth-order valence-electron chi connectivity index (χ4n) is 3.24. The zero-order chi connectivity index (χ0) is 17.5. The Bertz CT molecular complexity index is 668. The average Bonchev–Trinajstić information content (AvgIpc) is 2.45. The number of hydrogen-bond acceptors (Lipinski definition) is 5. The molecule has 1 spiro atoms. The molecule has 0 aromatic heterocycles. The molecule has 0 radical (unpaired) electrons. The van der Waals surface area contributed by atoms with Gasteiger partial charge in [0.1, 0.15) is 28.3 Å². The van der Waals surface area contributed by atoms with Crippen LogP contribution in [0, 0.1) is 0 Å². The van der Waals surface area contributed by atoms with Crippen molar-refractivity contribution in [3.8, 4) is 11.5 Å². The summed E-state index contributed by atoms with van der Waals surface area (Å²) in [6.45, 7) is 6.47. The molecule has 0 saturated carbocycles. The third-order valence-electron chi connectivity index (χ3n) is 4.42. The number of amides is 1. The number of nitrogens with zero attached hydrogens (tertiary/aromatic N) is 1. The van der Waals surface area contributed by atoms with Gasteiger partial charge in [0, 0.05) is 25.9 Å². The first-order chi connectivity index (χ1) is 11.2. The van der Waals surface area contributed by atoms with Gasteiger partial charge in [-0.25, -0.2) is 4.79 Å². The maximum Gasteiger partial charge on any atom is 0.410 e. The Morgan fingerprint density at radius 3 is 2.58 bits per heavy atom. The predicted octanol–water partition coefficient (Wildman–Crippen LogP) is 3.13. The van der Waals surface area contributed by atoms with Gasteiger partial charge in [0.05, 0.1) is 6.42 Å². The molecule has 6 heteroatoms. The van der Waals surface area contributed by atoms with Crippen LogP contribution in [0.2, 0.25) is 0 Å². The number of Topliss-reactive ketones (excluding diaryl/α,β-unsaturated/α-hetero) is 1. The van der Waals surface area contributed by atoms with Crippen molar-refractivity contribution in [3.63, 3.8) is 0 Å². The number of piperidine rings is 1. The monoisotopic (exact) mass is 333 g/mol. The molecular weight excluding hydrogens is 310 g/mol. The fourth-order valence-corrected chi connectivity index (χ4v) is 3.24. The summed E-state index contributed by atoms with van der Waals surface area (Å²) in [6.07, 6.45) is 1.01. The van der Waals surface area contributed by atoms with Crippen LogP contribution < -0.4 is 4.74 Å². The molecule has 2 heterocycles. The average molecular weight is 333 g/mol. The number of ether oxygens (including phenoxy) is 2. The Labute approximate surface area is 141 Å². The SMILES string of the molecule is CC(C)(C)OC(=O)N1CCC2(CC1)CC(=O)c1c(O)cccc1O2. The number of ketones is 1. The van der Waals surface area contributed by atoms with Gasteiger partial charge in [-0.05, 0) is 32.9 Å². The summed E-state index contributed by atoms with van der Waals surface area (Å²) in [6, 6.07) is 4.85. The lowest BCUT2D eigenvalue weighted by atomic mass is 9.82. The van der Waals surface area contributed by atoms with Crippen LogP contribution in [0.1, 0.15) is 50.4 Å². The van der Waals surface area contributed by atoms with Crippen LogP contribution in [0.3, 0.4) is 0 Å². The Kier molecular flexibility index (Phi) is 3.94. The maximum absolute atomic E-state index is 12.4. The molecule has 0 unspecified atom stereocenters. The molecule has 0 bridgehead atoms. The van der Waals surface area contributed by atoms with Gasteiger partial charge in [0.2, 0.25) is 0 Å². The van der Waals surface area contributed by atoms with Crippen molar-refractivity contribution in [2.45, 2.75) is 51.2 Å². The van der Waals surface area contributed by atoms with E-state index < -0.39 is 11.2 Å². The van der Waals surface area contributed by atoms with Crippen LogP contribution in [-0.4, -0.2) is 46.2 Å². The summed E-state index contributed by atoms with van der Waals surface area (Å²) in [5.41, 5.74) is -0.867. The quantitative estimate of drug-likeness (QED) is 0.789. The number of rotatable bonds is 0. The summed E-state index contributed by atoms with van der Waals surface area (Å²) >= 11 is 0. The first kappa shape index (κ1) is 16.6. The van der Waals surface area contributed by atoms with E-state index in [0.717, 1.165) is 0 Å². The molecule has 1 N–H and O–H groups in total. The van der Waals surface area contributed by atoms with Crippen LogP contribution in [0.15, 0.2) is 18.2 Å². The van der Waals surface area contributed by atoms with Crippen molar-refractivity contribution in [2.24, 2.45) is 0 Å². The normalized spacial score (nSPS) is 19.6. The summed E-state index contributed by atoms with van der Waals surface area (Å²) < 4.78 is 11.5. The van der Waals surface area contributed by atoms with Gasteiger partial charge in [-0.3, -0.25) is 4.79 Å². The van der Waals surface area contributed by atoms with E-state index in [1.54, 1.807) is 17.0 Å². The zero-order valence-corrected chi connectivity index (χ0v) is 14.3. The molecular formula is C18H23NO5. The number of phenols is 1. The lowest BCUT2D eigenvalue weighted by Crippen LogP contribution is -2.52. The number of likely N-dealkylation sites (tertiary alicyclic amines) is 1. The summed E-state index contributed by atoms with van der Waals surface area (Å²) in [5.74, 6) is 0.274. The van der Waals surface area contributed by atoms with E-state index in [0.29, 0.717) is 31.7 Å². The summed E-state index contributed by atoms with van der Waals surface area (Å²) in [5, 5.41) is 9.87. The number of benzene rings is 1. The topological polar surface area (TPSA) is 76.1 Å². The molecule has 2 aliphatic heterocycles. The Morgan fingerprint density at radius 1 is 1.29 bits per heavy atom. The number of carbonyl (C=O) groups excluding carboxylic acids is 2. The van der Waals surface area contributed by atoms with E-state index in [1.807, 2.05) is 20.8 Å². The second kappa shape index (κ2) is 5.69. The van der Waals surface area contributed by atoms with Crippen LogP contribution in [0.25, 0.3) is 0 Å². The lowest BCUT2D eigenvalue weighted by Gasteiger charge is -2.44. The second-order valence-electron chi connectivity index (χ2n) is 7.50. The summed E-state index contributed by atoms with van der Waals surface area (Å²) in [7, 11) is 0. The minimum atomic E-state index is -0.601. The fraction of sp³-hybridized carbons (Fsp3) is 0.556. The van der Waals surface area contributed by atoms with Crippen molar-refractivity contribution in [3.05, 3.63) is 23.8 Å². The Morgan fingerprint density at radius 2 is 1.96 bits per heavy atom. The second-order valence-corrected chi connectivity index (χ2v) is 7.50. The van der Waals surface area contributed by atoms with Crippen molar-refractivity contribution >= 4 is 11.9 Å². The number of carbonyl (C=O) groups is 2. The van der Waals surface area contributed by atoms with Crippen LogP contribution >= 0.6 is 0 Å². The van der Waals surface area contributed by atoms with Gasteiger partial charge in [0.25, 0.3) is 0 Å². The van der Waals surface area contributed by atoms with Crippen molar-refractivity contribution in [1.82, 2.24) is 4.90 Å². The van der Waals surface area contributed by atoms with Gasteiger partial charge in [0.15, 0.2) is 5.78 Å². The molecule has 3 rings (SSSR count). The number of phenolic OH excluding ortho intramolecular Hbond substituents is 1. The van der Waals surface area contributed by atoms with E-state index in [4.69, 9.17) is 9.47 Å². The number of aromatic hydroxyl groups is 1. The zero-order valence-electron chi connectivity index (χ0n) is 14.3. The highest BCUT2D eigenvalue weighted by atomic mass is 16.6. The molecule has 0 aliphatic carbocycles. The molecule has 6 nitrogen and oxygen atoms in total. The molecule has 1 amide bonds. The first-order valence-corrected chi connectivity index (χ1v) is 8.21. The van der Waals surface area contributed by atoms with Gasteiger partial charge in [-0.2, -0.15) is 0 Å². The molecule has 1 fully saturated rings. The van der Waals surface area contributed by atoms with E-state index in [9.17, 15) is 14.7 Å². The van der Waals surface area contributed by atoms with Gasteiger partial charge in [-0.15, -0.1) is 0 Å². The third kappa shape index (κ3) is 3.18. The molecule has 1 aromatic rings. The minimum absolute atomic E-state index is 0.0430. The Hall–Kier alpha value is -2.24. The molecule has 1 saturated heterocycles. The van der Waals surface area contributed by atoms with Crippen LogP contribution in [0.4, 0.5) is 4.79 Å². The highest BCUT2D eigenvalue weighted by molar-refractivity contribution is 6.02.